The second-order valence-electron chi connectivity index (χ2n) is 9.25. The van der Waals surface area contributed by atoms with E-state index in [0.29, 0.717) is 0 Å². The van der Waals surface area contributed by atoms with Gasteiger partial charge < -0.3 is 14.5 Å². The van der Waals surface area contributed by atoms with Gasteiger partial charge >= 0.3 is 0 Å². The molecule has 0 fully saturated rings. The van der Waals surface area contributed by atoms with Crippen molar-refractivity contribution < 1.29 is 34.4 Å². The molecule has 0 saturated carbocycles. The van der Waals surface area contributed by atoms with Crippen molar-refractivity contribution in [3.05, 3.63) is 71.6 Å². The maximum Gasteiger partial charge on any atom is 0.155 e. The summed E-state index contributed by atoms with van der Waals surface area (Å²) < 4.78 is 6.29. The Morgan fingerprint density at radius 1 is 1.06 bits per heavy atom. The van der Waals surface area contributed by atoms with Crippen molar-refractivity contribution in [1.29, 1.82) is 0 Å². The number of nitrogens with zero attached hydrogens (tertiary/aromatic N) is 1. The second-order valence-corrected chi connectivity index (χ2v) is 14.3. The zero-order valence-corrected chi connectivity index (χ0v) is 23.6. The topological polar surface area (TPSA) is 63.3 Å². The number of aryl methyl sites for hydroxylation is 2. The molecule has 6 heteroatoms. The maximum absolute atomic E-state index is 10.0. The molecule has 2 aromatic heterocycles. The summed E-state index contributed by atoms with van der Waals surface area (Å²) in [6, 6.07) is 16.4. The molecule has 0 atom stereocenters. The maximum atomic E-state index is 10.0. The number of rotatable bonds is 3. The summed E-state index contributed by atoms with van der Waals surface area (Å²) in [7, 11) is -1.37. The average Bonchev–Trinajstić information content (AvgIpc) is 3.03. The third kappa shape index (κ3) is 6.50. The molecule has 4 aromatic rings. The molecule has 0 aliphatic heterocycles. The van der Waals surface area contributed by atoms with Crippen LogP contribution in [-0.4, -0.2) is 23.9 Å². The van der Waals surface area contributed by atoms with Gasteiger partial charge in [0.15, 0.2) is 5.78 Å². The Balaban J connectivity index is 0.000000423. The minimum absolute atomic E-state index is 0. The van der Waals surface area contributed by atoms with Gasteiger partial charge in [0.2, 0.25) is 0 Å². The molecule has 1 radical (unpaired) electrons. The van der Waals surface area contributed by atoms with Crippen LogP contribution in [-0.2, 0) is 24.9 Å². The smallest absolute Gasteiger partial charge is 0.155 e. The fraction of sp³-hybridized carbons (Fsp3) is 0.259. The Morgan fingerprint density at radius 3 is 2.30 bits per heavy atom. The van der Waals surface area contributed by atoms with E-state index in [-0.39, 0.29) is 31.6 Å². The summed E-state index contributed by atoms with van der Waals surface area (Å²) in [5.41, 5.74) is 6.00. The Labute approximate surface area is 210 Å². The molecule has 4 nitrogen and oxygen atoms in total. The molecule has 33 heavy (non-hydrogen) atoms. The third-order valence-corrected chi connectivity index (χ3v) is 7.11. The van der Waals surface area contributed by atoms with Gasteiger partial charge in [-0.1, -0.05) is 50.8 Å². The number of hydrogen-bond donors (Lipinski definition) is 1. The number of ketones is 1. The number of allylic oxidation sites excluding steroid dienone is 2. The van der Waals surface area contributed by atoms with Gasteiger partial charge in [-0.3, -0.25) is 4.79 Å². The molecule has 1 N–H and O–H groups in total. The van der Waals surface area contributed by atoms with Gasteiger partial charge in [0.05, 0.1) is 13.8 Å². The first-order valence-corrected chi connectivity index (χ1v) is 14.2. The first-order valence-electron chi connectivity index (χ1n) is 10.7. The fourth-order valence-corrected chi connectivity index (χ4v) is 4.83. The Kier molecular flexibility index (Phi) is 8.58. The van der Waals surface area contributed by atoms with Crippen LogP contribution in [0.3, 0.4) is 0 Å². The molecule has 175 valence electrons. The Bertz CT molecular complexity index is 1310. The van der Waals surface area contributed by atoms with E-state index in [4.69, 9.17) is 9.52 Å². The molecule has 0 aliphatic carbocycles. The summed E-state index contributed by atoms with van der Waals surface area (Å²) in [4.78, 5) is 14.6. The van der Waals surface area contributed by atoms with Gasteiger partial charge in [0, 0.05) is 48.8 Å². The van der Waals surface area contributed by atoms with E-state index in [0.717, 1.165) is 38.8 Å². The van der Waals surface area contributed by atoms with E-state index in [1.165, 1.54) is 30.7 Å². The number of aliphatic hydroxyl groups excluding tert-OH is 1. The molecular weight excluding hydrogens is 607 g/mol. The molecule has 0 unspecified atom stereocenters. The summed E-state index contributed by atoms with van der Waals surface area (Å²) >= 11 is 0. The van der Waals surface area contributed by atoms with Crippen LogP contribution in [0.2, 0.25) is 19.6 Å². The number of benzene rings is 2. The van der Waals surface area contributed by atoms with E-state index < -0.39 is 8.07 Å². The van der Waals surface area contributed by atoms with Crippen LogP contribution in [0.25, 0.3) is 33.2 Å². The predicted molar refractivity (Wildman–Crippen MR) is 135 cm³/mol. The molecule has 4 rings (SSSR count). The van der Waals surface area contributed by atoms with E-state index in [9.17, 15) is 4.79 Å². The van der Waals surface area contributed by atoms with Crippen LogP contribution >= 0.6 is 0 Å². The number of furan rings is 1. The number of hydrogen-bond acceptors (Lipinski definition) is 4. The van der Waals surface area contributed by atoms with Crippen molar-refractivity contribution in [1.82, 2.24) is 4.98 Å². The minimum Gasteiger partial charge on any atom is -0.512 e. The van der Waals surface area contributed by atoms with E-state index in [1.807, 2.05) is 12.3 Å². The largest absolute Gasteiger partial charge is 0.512 e. The van der Waals surface area contributed by atoms with Crippen molar-refractivity contribution in [3.63, 3.8) is 0 Å². The van der Waals surface area contributed by atoms with Crippen LogP contribution in [0, 0.1) is 19.9 Å². The second kappa shape index (κ2) is 10.6. The normalized spacial score (nSPS) is 11.7. The number of carbonyl (C=O) groups is 1. The van der Waals surface area contributed by atoms with Gasteiger partial charge in [-0.25, -0.2) is 0 Å². The molecule has 2 aromatic carbocycles. The van der Waals surface area contributed by atoms with E-state index in [1.54, 1.807) is 0 Å². The van der Waals surface area contributed by atoms with Crippen molar-refractivity contribution in [2.45, 2.75) is 47.3 Å². The Morgan fingerprint density at radius 2 is 1.76 bits per heavy atom. The van der Waals surface area contributed by atoms with Crippen molar-refractivity contribution in [2.24, 2.45) is 0 Å². The van der Waals surface area contributed by atoms with Gasteiger partial charge in [0.25, 0.3) is 0 Å². The first kappa shape index (κ1) is 26.7. The summed E-state index contributed by atoms with van der Waals surface area (Å²) in [6.45, 7) is 14.1. The predicted octanol–water partition coefficient (Wildman–Crippen LogP) is 6.64. The van der Waals surface area contributed by atoms with Crippen LogP contribution in [0.1, 0.15) is 25.0 Å². The zero-order chi connectivity index (χ0) is 23.6. The number of aromatic nitrogens is 1. The third-order valence-electron chi connectivity index (χ3n) is 5.07. The van der Waals surface area contributed by atoms with Crippen LogP contribution in [0.15, 0.2) is 58.8 Å². The zero-order valence-electron chi connectivity index (χ0n) is 20.2. The molecule has 0 bridgehead atoms. The van der Waals surface area contributed by atoms with E-state index >= 15 is 0 Å². The number of carbonyl (C=O) groups excluding carboxylic acids is 1. The molecule has 0 amide bonds. The van der Waals surface area contributed by atoms with Crippen LogP contribution in [0.5, 0.6) is 0 Å². The minimum atomic E-state index is -1.37. The summed E-state index contributed by atoms with van der Waals surface area (Å²) in [6.07, 6.45) is 3.03. The molecular formula is C27H30IrNO3Si-. The van der Waals surface area contributed by atoms with Gasteiger partial charge in [-0.05, 0) is 26.0 Å². The molecule has 2 heterocycles. The number of aliphatic hydroxyl groups is 1. The first-order chi connectivity index (χ1) is 15.0. The van der Waals surface area contributed by atoms with Crippen molar-refractivity contribution >= 4 is 41.0 Å². The quantitative estimate of drug-likeness (QED) is 0.119. The van der Waals surface area contributed by atoms with Crippen LogP contribution < -0.4 is 5.19 Å². The Hall–Kier alpha value is -2.53. The molecule has 0 aliphatic rings. The number of pyridine rings is 1. The van der Waals surface area contributed by atoms with Crippen molar-refractivity contribution in [3.8, 4) is 11.3 Å². The molecule has 0 spiro atoms. The van der Waals surface area contributed by atoms with Gasteiger partial charge in [-0.2, -0.15) is 0 Å². The van der Waals surface area contributed by atoms with Crippen LogP contribution in [0.4, 0.5) is 0 Å². The van der Waals surface area contributed by atoms with Crippen molar-refractivity contribution in [2.75, 3.05) is 0 Å². The molecule has 0 saturated heterocycles. The van der Waals surface area contributed by atoms with E-state index in [2.05, 4.69) is 74.9 Å². The number of fused-ring (bicyclic) bond motifs is 3. The van der Waals surface area contributed by atoms with Gasteiger partial charge in [-0.15, -0.1) is 34.9 Å². The SMILES string of the molecule is CC(=O)/C=C(/C)O.Cc1[c-]c(-c2nccc3c2oc2cc([Si](C)(C)C)ccc23)cc(C)c1.[Ir]. The van der Waals surface area contributed by atoms with Gasteiger partial charge in [0.1, 0.15) is 11.2 Å². The fourth-order valence-electron chi connectivity index (χ4n) is 3.68. The summed E-state index contributed by atoms with van der Waals surface area (Å²) in [5.74, 6) is -0.0625. The standard InChI is InChI=1S/C22H22NOSi.C5H8O2.Ir/c1-14-10-15(2)12-16(11-14)21-22-19(8-9-23-21)18-7-6-17(25(3,4)5)13-20(18)24-22;1-4(6)3-5(2)7;/h6-11,13H,1-5H3;3,6H,1-2H3;/q-1;;/b;4-3-;. The summed E-state index contributed by atoms with van der Waals surface area (Å²) in [5, 5.41) is 12.0. The average molecular weight is 637 g/mol. The monoisotopic (exact) mass is 637 g/mol.